The van der Waals surface area contributed by atoms with E-state index in [9.17, 15) is 0 Å². The second kappa shape index (κ2) is 6.30. The molecule has 0 spiro atoms. The van der Waals surface area contributed by atoms with Crippen molar-refractivity contribution in [2.24, 2.45) is 0 Å². The van der Waals surface area contributed by atoms with Crippen molar-refractivity contribution in [2.45, 2.75) is 33.2 Å². The Hall–Kier alpha value is -1.93. The van der Waals surface area contributed by atoms with Crippen LogP contribution in [0.25, 0.3) is 0 Å². The number of hydrogen-bond acceptors (Lipinski definition) is 5. The molecule has 2 aromatic rings. The smallest absolute Gasteiger partial charge is 0.222 e. The first-order valence-corrected chi connectivity index (χ1v) is 7.08. The summed E-state index contributed by atoms with van der Waals surface area (Å²) in [6, 6.07) is 0.370. The molecule has 0 saturated heterocycles. The lowest BCUT2D eigenvalue weighted by atomic mass is 10.3. The third-order valence-corrected chi connectivity index (χ3v) is 3.37. The van der Waals surface area contributed by atoms with Gasteiger partial charge < -0.3 is 5.32 Å². The van der Waals surface area contributed by atoms with Crippen molar-refractivity contribution in [2.75, 3.05) is 5.32 Å². The minimum absolute atomic E-state index is 0.370. The van der Waals surface area contributed by atoms with Crippen LogP contribution in [-0.2, 0) is 0 Å². The van der Waals surface area contributed by atoms with Crippen LogP contribution in [0.1, 0.15) is 36.5 Å². The summed E-state index contributed by atoms with van der Waals surface area (Å²) in [4.78, 5) is 12.8. The lowest BCUT2D eigenvalue weighted by Gasteiger charge is -2.10. The van der Waals surface area contributed by atoms with Crippen molar-refractivity contribution in [1.82, 2.24) is 15.0 Å². The molecule has 2 aromatic heterocycles. The molecule has 0 bridgehead atoms. The molecule has 1 unspecified atom stereocenters. The van der Waals surface area contributed by atoms with Crippen LogP contribution in [0, 0.1) is 18.8 Å². The average Bonchev–Trinajstić information content (AvgIpc) is 2.83. The van der Waals surface area contributed by atoms with Crippen LogP contribution in [0.2, 0.25) is 0 Å². The van der Waals surface area contributed by atoms with Crippen molar-refractivity contribution in [3.8, 4) is 11.8 Å². The molecule has 0 amide bonds. The molecule has 2 heterocycles. The molecule has 0 aliphatic carbocycles. The molecule has 5 heteroatoms. The zero-order valence-corrected chi connectivity index (χ0v) is 12.1. The van der Waals surface area contributed by atoms with Gasteiger partial charge in [0.2, 0.25) is 5.95 Å². The Balaban J connectivity index is 2.05. The molecule has 0 fully saturated rings. The second-order valence-corrected chi connectivity index (χ2v) is 5.31. The van der Waals surface area contributed by atoms with Crippen molar-refractivity contribution >= 4 is 17.3 Å². The van der Waals surface area contributed by atoms with Gasteiger partial charge in [0.1, 0.15) is 5.69 Å². The monoisotopic (exact) mass is 272 g/mol. The summed E-state index contributed by atoms with van der Waals surface area (Å²) >= 11 is 1.60. The molecule has 2 rings (SSSR count). The maximum atomic E-state index is 4.29. The van der Waals surface area contributed by atoms with E-state index in [0.29, 0.717) is 12.0 Å². The normalized spacial score (nSPS) is 11.5. The fraction of sp³-hybridized carbons (Fsp3) is 0.357. The van der Waals surface area contributed by atoms with Crippen molar-refractivity contribution in [3.05, 3.63) is 34.0 Å². The lowest BCUT2D eigenvalue weighted by molar-refractivity contribution is 0.752. The van der Waals surface area contributed by atoms with Gasteiger partial charge in [-0.3, -0.25) is 0 Å². The molecular weight excluding hydrogens is 256 g/mol. The highest BCUT2D eigenvalue weighted by Gasteiger charge is 2.00. The number of nitrogens with one attached hydrogen (secondary N) is 1. The highest BCUT2D eigenvalue weighted by atomic mass is 32.1. The largest absolute Gasteiger partial charge is 0.352 e. The molecule has 0 radical (unpaired) electrons. The number of rotatable bonds is 3. The Morgan fingerprint density at radius 2 is 2.05 bits per heavy atom. The summed E-state index contributed by atoms with van der Waals surface area (Å²) in [6.45, 7) is 6.18. The van der Waals surface area contributed by atoms with Crippen LogP contribution < -0.4 is 5.32 Å². The number of anilines is 1. The Bertz CT molecular complexity index is 592. The molecule has 19 heavy (non-hydrogen) atoms. The summed E-state index contributed by atoms with van der Waals surface area (Å²) in [5, 5.41) is 6.18. The molecular formula is C14H16N4S. The van der Waals surface area contributed by atoms with E-state index in [2.05, 4.69) is 46.0 Å². The molecule has 0 aliphatic rings. The van der Waals surface area contributed by atoms with Gasteiger partial charge in [-0.05, 0) is 26.2 Å². The van der Waals surface area contributed by atoms with Gasteiger partial charge in [-0.25, -0.2) is 15.0 Å². The second-order valence-electron chi connectivity index (χ2n) is 4.25. The first kappa shape index (κ1) is 13.5. The van der Waals surface area contributed by atoms with Gasteiger partial charge in [0.05, 0.1) is 10.6 Å². The van der Waals surface area contributed by atoms with E-state index < -0.39 is 0 Å². The SMILES string of the molecule is CCC(C)Nc1ncc(C#Cc2csc(C)n2)cn1. The third kappa shape index (κ3) is 4.04. The Kier molecular flexibility index (Phi) is 4.48. The van der Waals surface area contributed by atoms with E-state index in [4.69, 9.17) is 0 Å². The maximum absolute atomic E-state index is 4.29. The molecule has 0 saturated carbocycles. The first-order chi connectivity index (χ1) is 9.17. The van der Waals surface area contributed by atoms with Crippen LogP contribution in [0.5, 0.6) is 0 Å². The van der Waals surface area contributed by atoms with Gasteiger partial charge in [-0.1, -0.05) is 12.8 Å². The summed E-state index contributed by atoms with van der Waals surface area (Å²) in [6.07, 6.45) is 4.49. The highest BCUT2D eigenvalue weighted by Crippen LogP contribution is 2.07. The van der Waals surface area contributed by atoms with Crippen molar-refractivity contribution in [1.29, 1.82) is 0 Å². The minimum Gasteiger partial charge on any atom is -0.352 e. The maximum Gasteiger partial charge on any atom is 0.222 e. The molecule has 0 aliphatic heterocycles. The van der Waals surface area contributed by atoms with E-state index in [1.165, 1.54) is 0 Å². The molecule has 1 atom stereocenters. The van der Waals surface area contributed by atoms with Crippen LogP contribution in [0.3, 0.4) is 0 Å². The van der Waals surface area contributed by atoms with Crippen molar-refractivity contribution < 1.29 is 0 Å². The zero-order valence-electron chi connectivity index (χ0n) is 11.3. The molecule has 98 valence electrons. The van der Waals surface area contributed by atoms with Gasteiger partial charge >= 0.3 is 0 Å². The highest BCUT2D eigenvalue weighted by molar-refractivity contribution is 7.09. The van der Waals surface area contributed by atoms with E-state index in [1.54, 1.807) is 23.7 Å². The number of nitrogens with zero attached hydrogens (tertiary/aromatic N) is 3. The van der Waals surface area contributed by atoms with E-state index in [-0.39, 0.29) is 0 Å². The Labute approximate surface area is 117 Å². The quantitative estimate of drug-likeness (QED) is 0.873. The van der Waals surface area contributed by atoms with Gasteiger partial charge in [0.25, 0.3) is 0 Å². The summed E-state index contributed by atoms with van der Waals surface area (Å²) < 4.78 is 0. The van der Waals surface area contributed by atoms with E-state index in [1.807, 2.05) is 12.3 Å². The summed E-state index contributed by atoms with van der Waals surface area (Å²) in [7, 11) is 0. The number of aryl methyl sites for hydroxylation is 1. The standard InChI is InChI=1S/C14H16N4S/c1-4-10(2)17-14-15-7-12(8-16-14)5-6-13-9-19-11(3)18-13/h7-10H,4H2,1-3H3,(H,15,16,17). The minimum atomic E-state index is 0.370. The predicted molar refractivity (Wildman–Crippen MR) is 78.2 cm³/mol. The van der Waals surface area contributed by atoms with Crippen LogP contribution in [0.4, 0.5) is 5.95 Å². The number of hydrogen-bond donors (Lipinski definition) is 1. The van der Waals surface area contributed by atoms with Crippen molar-refractivity contribution in [3.63, 3.8) is 0 Å². The van der Waals surface area contributed by atoms with E-state index >= 15 is 0 Å². The molecule has 4 nitrogen and oxygen atoms in total. The Morgan fingerprint density at radius 3 is 2.63 bits per heavy atom. The Morgan fingerprint density at radius 1 is 1.32 bits per heavy atom. The summed E-state index contributed by atoms with van der Waals surface area (Å²) in [5.74, 6) is 6.66. The van der Waals surface area contributed by atoms with Gasteiger partial charge in [-0.15, -0.1) is 11.3 Å². The lowest BCUT2D eigenvalue weighted by Crippen LogP contribution is -2.15. The number of thiazole rings is 1. The fourth-order valence-electron chi connectivity index (χ4n) is 1.35. The average molecular weight is 272 g/mol. The van der Waals surface area contributed by atoms with E-state index in [0.717, 1.165) is 22.7 Å². The number of aromatic nitrogens is 3. The van der Waals surface area contributed by atoms with Gasteiger partial charge in [0.15, 0.2) is 0 Å². The topological polar surface area (TPSA) is 50.7 Å². The fourth-order valence-corrected chi connectivity index (χ4v) is 1.89. The molecule has 1 N–H and O–H groups in total. The molecule has 0 aromatic carbocycles. The summed E-state index contributed by atoms with van der Waals surface area (Å²) in [5.41, 5.74) is 1.59. The zero-order chi connectivity index (χ0) is 13.7. The van der Waals surface area contributed by atoms with Crippen LogP contribution in [0.15, 0.2) is 17.8 Å². The van der Waals surface area contributed by atoms with Gasteiger partial charge in [-0.2, -0.15) is 0 Å². The third-order valence-electron chi connectivity index (χ3n) is 2.59. The van der Waals surface area contributed by atoms with Crippen LogP contribution >= 0.6 is 11.3 Å². The van der Waals surface area contributed by atoms with Crippen LogP contribution in [-0.4, -0.2) is 21.0 Å². The van der Waals surface area contributed by atoms with Gasteiger partial charge in [0, 0.05) is 23.8 Å². The first-order valence-electron chi connectivity index (χ1n) is 6.20. The predicted octanol–water partition coefficient (Wildman–Crippen LogP) is 2.85.